The minimum Gasteiger partial charge on any atom is -0.390 e. The Bertz CT molecular complexity index is 655. The van der Waals surface area contributed by atoms with Crippen molar-refractivity contribution in [3.63, 3.8) is 0 Å². The number of nitrogens with zero attached hydrogens (tertiary/aromatic N) is 5. The van der Waals surface area contributed by atoms with Crippen LogP contribution in [0.4, 0.5) is 18.9 Å². The lowest BCUT2D eigenvalue weighted by Gasteiger charge is -2.29. The monoisotopic (exact) mass is 299 g/mol. The molecule has 3 rings (SSSR count). The number of aromatic nitrogens is 4. The molecule has 1 N–H and O–H groups in total. The Morgan fingerprint density at radius 2 is 2.05 bits per heavy atom. The predicted octanol–water partition coefficient (Wildman–Crippen LogP) is 1.20. The van der Waals surface area contributed by atoms with E-state index >= 15 is 0 Å². The summed E-state index contributed by atoms with van der Waals surface area (Å²) in [5, 5.41) is 15.9. The molecule has 0 aliphatic carbocycles. The molecule has 0 bridgehead atoms. The van der Waals surface area contributed by atoms with E-state index in [1.54, 1.807) is 18.3 Å². The van der Waals surface area contributed by atoms with Gasteiger partial charge in [0.2, 0.25) is 5.82 Å². The van der Waals surface area contributed by atoms with Crippen LogP contribution in [0.5, 0.6) is 0 Å². The molecule has 2 aromatic heterocycles. The first-order chi connectivity index (χ1) is 9.99. The van der Waals surface area contributed by atoms with Crippen LogP contribution >= 0.6 is 0 Å². The maximum Gasteiger partial charge on any atom is 0.451 e. The van der Waals surface area contributed by atoms with E-state index in [1.807, 2.05) is 4.90 Å². The van der Waals surface area contributed by atoms with Crippen molar-refractivity contribution in [2.75, 3.05) is 11.4 Å². The normalized spacial score (nSPS) is 15.1. The average Bonchev–Trinajstić information content (AvgIpc) is 2.90. The summed E-state index contributed by atoms with van der Waals surface area (Å²) in [6, 6.07) is 3.45. The Kier molecular flexibility index (Phi) is 3.28. The number of pyridine rings is 1. The van der Waals surface area contributed by atoms with E-state index in [1.165, 1.54) is 0 Å². The fourth-order valence-electron chi connectivity index (χ4n) is 2.34. The quantitative estimate of drug-likeness (QED) is 0.902. The van der Waals surface area contributed by atoms with Gasteiger partial charge in [-0.25, -0.2) is 0 Å². The van der Waals surface area contributed by atoms with Crippen molar-refractivity contribution >= 4 is 5.69 Å². The Balaban J connectivity index is 1.86. The SMILES string of the molecule is OCc1cc(N2CCn3c(nnc3C(F)(F)F)C2)ccn1. The topological polar surface area (TPSA) is 67.1 Å². The number of aliphatic hydroxyl groups excluding tert-OH is 1. The van der Waals surface area contributed by atoms with Gasteiger partial charge >= 0.3 is 6.18 Å². The number of hydrogen-bond acceptors (Lipinski definition) is 5. The summed E-state index contributed by atoms with van der Waals surface area (Å²) >= 11 is 0. The van der Waals surface area contributed by atoms with E-state index in [9.17, 15) is 13.2 Å². The van der Waals surface area contributed by atoms with E-state index in [2.05, 4.69) is 15.2 Å². The molecule has 3 heterocycles. The highest BCUT2D eigenvalue weighted by atomic mass is 19.4. The maximum absolute atomic E-state index is 12.8. The van der Waals surface area contributed by atoms with Crippen molar-refractivity contribution < 1.29 is 18.3 Å². The largest absolute Gasteiger partial charge is 0.451 e. The van der Waals surface area contributed by atoms with Crippen LogP contribution in [0.15, 0.2) is 18.3 Å². The van der Waals surface area contributed by atoms with Crippen LogP contribution in [0, 0.1) is 0 Å². The third kappa shape index (κ3) is 2.56. The van der Waals surface area contributed by atoms with Gasteiger partial charge in [0.15, 0.2) is 5.82 Å². The van der Waals surface area contributed by atoms with Crippen LogP contribution in [0.3, 0.4) is 0 Å². The van der Waals surface area contributed by atoms with Crippen LogP contribution in [0.25, 0.3) is 0 Å². The number of halogens is 3. The molecule has 21 heavy (non-hydrogen) atoms. The number of aliphatic hydroxyl groups is 1. The second-order valence-electron chi connectivity index (χ2n) is 4.67. The molecular weight excluding hydrogens is 287 g/mol. The molecule has 0 saturated carbocycles. The summed E-state index contributed by atoms with van der Waals surface area (Å²) in [5.74, 6) is -0.682. The van der Waals surface area contributed by atoms with Gasteiger partial charge in [-0.2, -0.15) is 13.2 Å². The lowest BCUT2D eigenvalue weighted by Crippen LogP contribution is -2.35. The molecule has 0 saturated heterocycles. The standard InChI is InChI=1S/C12H12F3N5O/c13-12(14,15)11-18-17-10-6-19(3-4-20(10)11)9-1-2-16-8(5-9)7-21/h1-2,5,21H,3-4,6-7H2. The molecule has 1 aliphatic rings. The number of fused-ring (bicyclic) bond motifs is 1. The molecule has 112 valence electrons. The van der Waals surface area contributed by atoms with Crippen LogP contribution in [0.1, 0.15) is 17.3 Å². The number of rotatable bonds is 2. The molecule has 0 unspecified atom stereocenters. The van der Waals surface area contributed by atoms with Crippen LogP contribution < -0.4 is 4.90 Å². The zero-order chi connectivity index (χ0) is 15.0. The second kappa shape index (κ2) is 4.99. The van der Waals surface area contributed by atoms with Gasteiger partial charge in [-0.05, 0) is 12.1 Å². The molecule has 0 spiro atoms. The van der Waals surface area contributed by atoms with Gasteiger partial charge < -0.3 is 14.6 Å². The Morgan fingerprint density at radius 3 is 2.76 bits per heavy atom. The Morgan fingerprint density at radius 1 is 1.24 bits per heavy atom. The van der Waals surface area contributed by atoms with Crippen LogP contribution in [-0.4, -0.2) is 31.4 Å². The fraction of sp³-hybridized carbons (Fsp3) is 0.417. The molecule has 0 atom stereocenters. The Hall–Kier alpha value is -2.16. The van der Waals surface area contributed by atoms with Gasteiger partial charge in [0, 0.05) is 25.0 Å². The maximum atomic E-state index is 12.8. The summed E-state index contributed by atoms with van der Waals surface area (Å²) in [7, 11) is 0. The Labute approximate surface area is 117 Å². The number of hydrogen-bond donors (Lipinski definition) is 1. The third-order valence-corrected chi connectivity index (χ3v) is 3.33. The molecule has 0 fully saturated rings. The molecular formula is C12H12F3N5O. The van der Waals surface area contributed by atoms with Crippen molar-refractivity contribution in [1.29, 1.82) is 0 Å². The molecule has 2 aromatic rings. The summed E-state index contributed by atoms with van der Waals surface area (Å²) in [5.41, 5.74) is 1.30. The lowest BCUT2D eigenvalue weighted by atomic mass is 10.2. The molecule has 1 aliphatic heterocycles. The lowest BCUT2D eigenvalue weighted by molar-refractivity contribution is -0.147. The summed E-state index contributed by atoms with van der Waals surface area (Å²) in [6.07, 6.45) is -2.94. The van der Waals surface area contributed by atoms with E-state index in [0.29, 0.717) is 12.2 Å². The zero-order valence-corrected chi connectivity index (χ0v) is 10.9. The first kappa shape index (κ1) is 13.8. The second-order valence-corrected chi connectivity index (χ2v) is 4.67. The minimum absolute atomic E-state index is 0.161. The molecule has 0 amide bonds. The first-order valence-electron chi connectivity index (χ1n) is 6.29. The van der Waals surface area contributed by atoms with Crippen molar-refractivity contribution in [2.24, 2.45) is 0 Å². The smallest absolute Gasteiger partial charge is 0.390 e. The van der Waals surface area contributed by atoms with Gasteiger partial charge in [-0.15, -0.1) is 10.2 Å². The highest BCUT2D eigenvalue weighted by Gasteiger charge is 2.39. The van der Waals surface area contributed by atoms with E-state index in [4.69, 9.17) is 5.11 Å². The van der Waals surface area contributed by atoms with Crippen LogP contribution in [0.2, 0.25) is 0 Å². The number of alkyl halides is 3. The van der Waals surface area contributed by atoms with Crippen molar-refractivity contribution in [3.05, 3.63) is 35.7 Å². The minimum atomic E-state index is -4.49. The molecule has 6 nitrogen and oxygen atoms in total. The van der Waals surface area contributed by atoms with Crippen molar-refractivity contribution in [1.82, 2.24) is 19.7 Å². The summed E-state index contributed by atoms with van der Waals surface area (Å²) in [6.45, 7) is 0.616. The molecule has 9 heteroatoms. The highest BCUT2D eigenvalue weighted by molar-refractivity contribution is 5.47. The van der Waals surface area contributed by atoms with Crippen molar-refractivity contribution in [2.45, 2.75) is 25.9 Å². The summed E-state index contributed by atoms with van der Waals surface area (Å²) < 4.78 is 39.4. The van der Waals surface area contributed by atoms with Crippen molar-refractivity contribution in [3.8, 4) is 0 Å². The third-order valence-electron chi connectivity index (χ3n) is 3.33. The van der Waals surface area contributed by atoms with Gasteiger partial charge in [0.1, 0.15) is 0 Å². The van der Waals surface area contributed by atoms with Gasteiger partial charge in [0.25, 0.3) is 0 Å². The predicted molar refractivity (Wildman–Crippen MR) is 66.2 cm³/mol. The van der Waals surface area contributed by atoms with Gasteiger partial charge in [0.05, 0.1) is 18.8 Å². The van der Waals surface area contributed by atoms with Gasteiger partial charge in [-0.1, -0.05) is 0 Å². The average molecular weight is 299 g/mol. The van der Waals surface area contributed by atoms with Gasteiger partial charge in [-0.3, -0.25) is 4.98 Å². The molecule has 0 radical (unpaired) electrons. The number of anilines is 1. The zero-order valence-electron chi connectivity index (χ0n) is 10.9. The fourth-order valence-corrected chi connectivity index (χ4v) is 2.34. The van der Waals surface area contributed by atoms with Crippen LogP contribution in [-0.2, 0) is 25.9 Å². The molecule has 0 aromatic carbocycles. The highest BCUT2D eigenvalue weighted by Crippen LogP contribution is 2.30. The first-order valence-corrected chi connectivity index (χ1v) is 6.29. The summed E-state index contributed by atoms with van der Waals surface area (Å²) in [4.78, 5) is 5.85. The van der Waals surface area contributed by atoms with E-state index < -0.39 is 12.0 Å². The van der Waals surface area contributed by atoms with E-state index in [0.717, 1.165) is 10.3 Å². The van der Waals surface area contributed by atoms with E-state index in [-0.39, 0.29) is 25.5 Å².